The van der Waals surface area contributed by atoms with E-state index >= 15 is 0 Å². The average Bonchev–Trinajstić information content (AvgIpc) is 3.29. The van der Waals surface area contributed by atoms with Crippen molar-refractivity contribution in [2.75, 3.05) is 19.7 Å². The van der Waals surface area contributed by atoms with Crippen LogP contribution in [0, 0.1) is 18.3 Å². The number of aryl methyl sites for hydroxylation is 1. The summed E-state index contributed by atoms with van der Waals surface area (Å²) in [6.07, 6.45) is 3.61. The number of amides is 1. The van der Waals surface area contributed by atoms with E-state index in [4.69, 9.17) is 4.74 Å². The molecule has 2 heterocycles. The maximum absolute atomic E-state index is 12.8. The summed E-state index contributed by atoms with van der Waals surface area (Å²) in [5.41, 5.74) is 1.94. The smallest absolute Gasteiger partial charge is 0.253 e. The second-order valence-corrected chi connectivity index (χ2v) is 8.42. The molecule has 25 heavy (non-hydrogen) atoms. The van der Waals surface area contributed by atoms with Crippen LogP contribution in [0.4, 0.5) is 0 Å². The van der Waals surface area contributed by atoms with Crippen LogP contribution in [0.5, 0.6) is 0 Å². The molecule has 2 aromatic rings. The van der Waals surface area contributed by atoms with Crippen molar-refractivity contribution in [3.05, 3.63) is 52.0 Å². The molecule has 1 saturated carbocycles. The zero-order valence-electron chi connectivity index (χ0n) is 14.6. The van der Waals surface area contributed by atoms with E-state index in [1.807, 2.05) is 42.2 Å². The Bertz CT molecular complexity index is 745. The van der Waals surface area contributed by atoms with E-state index < -0.39 is 0 Å². The molecule has 4 nitrogen and oxygen atoms in total. The molecule has 132 valence electrons. The zero-order chi connectivity index (χ0) is 17.3. The van der Waals surface area contributed by atoms with Gasteiger partial charge in [-0.15, -0.1) is 11.3 Å². The van der Waals surface area contributed by atoms with E-state index in [0.29, 0.717) is 12.5 Å². The van der Waals surface area contributed by atoms with Gasteiger partial charge in [0.2, 0.25) is 0 Å². The van der Waals surface area contributed by atoms with Gasteiger partial charge in [-0.25, -0.2) is 4.98 Å². The van der Waals surface area contributed by atoms with E-state index in [9.17, 15) is 4.79 Å². The first-order chi connectivity index (χ1) is 12.2. The second kappa shape index (κ2) is 6.89. The lowest BCUT2D eigenvalue weighted by Crippen LogP contribution is -2.34. The number of thiazole rings is 1. The van der Waals surface area contributed by atoms with Gasteiger partial charge in [-0.1, -0.05) is 24.6 Å². The molecule has 5 heteroatoms. The first-order valence-electron chi connectivity index (χ1n) is 8.99. The molecule has 0 N–H and O–H groups in total. The number of hydrogen-bond donors (Lipinski definition) is 0. The second-order valence-electron chi connectivity index (χ2n) is 7.35. The number of nitrogens with zero attached hydrogens (tertiary/aromatic N) is 2. The van der Waals surface area contributed by atoms with E-state index in [1.165, 1.54) is 12.8 Å². The van der Waals surface area contributed by atoms with Gasteiger partial charge in [0.05, 0.1) is 23.9 Å². The van der Waals surface area contributed by atoms with Crippen LogP contribution < -0.4 is 0 Å². The lowest BCUT2D eigenvalue weighted by atomic mass is 9.81. The summed E-state index contributed by atoms with van der Waals surface area (Å²) in [7, 11) is 0. The summed E-state index contributed by atoms with van der Waals surface area (Å²) in [6, 6.07) is 9.62. The van der Waals surface area contributed by atoms with Gasteiger partial charge in [0.25, 0.3) is 5.91 Å². The number of likely N-dealkylation sites (tertiary alicyclic amines) is 1. The molecule has 0 radical (unpaired) electrons. The maximum atomic E-state index is 12.8. The largest absolute Gasteiger partial charge is 0.374 e. The molecule has 1 aromatic heterocycles. The highest BCUT2D eigenvalue weighted by Gasteiger charge is 2.50. The van der Waals surface area contributed by atoms with Crippen molar-refractivity contribution in [1.29, 1.82) is 0 Å². The summed E-state index contributed by atoms with van der Waals surface area (Å²) >= 11 is 1.66. The van der Waals surface area contributed by atoms with Crippen molar-refractivity contribution < 1.29 is 9.53 Å². The van der Waals surface area contributed by atoms with E-state index in [2.05, 4.69) is 10.4 Å². The van der Waals surface area contributed by atoms with Crippen LogP contribution >= 0.6 is 11.3 Å². The number of carbonyl (C=O) groups is 1. The predicted molar refractivity (Wildman–Crippen MR) is 98.6 cm³/mol. The van der Waals surface area contributed by atoms with Crippen LogP contribution in [0.25, 0.3) is 0 Å². The molecule has 2 aliphatic rings. The Labute approximate surface area is 152 Å². The molecule has 0 unspecified atom stereocenters. The average molecular weight is 356 g/mol. The Balaban J connectivity index is 1.41. The van der Waals surface area contributed by atoms with Crippen LogP contribution in [0.1, 0.15) is 40.3 Å². The number of rotatable bonds is 5. The minimum absolute atomic E-state index is 0.134. The molecule has 0 spiro atoms. The Kier molecular flexibility index (Phi) is 4.61. The number of hydrogen-bond acceptors (Lipinski definition) is 4. The predicted octanol–water partition coefficient (Wildman–Crippen LogP) is 3.91. The third-order valence-corrected chi connectivity index (χ3v) is 6.48. The number of ether oxygens (including phenoxy) is 1. The molecule has 4 rings (SSSR count). The van der Waals surface area contributed by atoms with Crippen molar-refractivity contribution in [2.45, 2.75) is 32.8 Å². The third kappa shape index (κ3) is 3.35. The highest BCUT2D eigenvalue weighted by molar-refractivity contribution is 7.09. The van der Waals surface area contributed by atoms with Crippen molar-refractivity contribution >= 4 is 17.2 Å². The highest BCUT2D eigenvalue weighted by Crippen LogP contribution is 2.49. The summed E-state index contributed by atoms with van der Waals surface area (Å²) < 4.78 is 6.06. The van der Waals surface area contributed by atoms with Gasteiger partial charge in [0.15, 0.2) is 0 Å². The zero-order valence-corrected chi connectivity index (χ0v) is 15.4. The molecule has 1 aromatic carbocycles. The van der Waals surface area contributed by atoms with E-state index in [-0.39, 0.29) is 11.3 Å². The summed E-state index contributed by atoms with van der Waals surface area (Å²) in [6.45, 7) is 5.01. The van der Waals surface area contributed by atoms with E-state index in [0.717, 1.165) is 42.4 Å². The Morgan fingerprint density at radius 3 is 3.00 bits per heavy atom. The van der Waals surface area contributed by atoms with Crippen molar-refractivity contribution in [1.82, 2.24) is 9.88 Å². The number of carbonyl (C=O) groups excluding carboxylic acids is 1. The van der Waals surface area contributed by atoms with Crippen LogP contribution in [-0.4, -0.2) is 35.5 Å². The lowest BCUT2D eigenvalue weighted by Gasteiger charge is -2.28. The van der Waals surface area contributed by atoms with Crippen molar-refractivity contribution in [3.63, 3.8) is 0 Å². The fourth-order valence-electron chi connectivity index (χ4n) is 4.40. The normalized spacial score (nSPS) is 25.3. The number of aromatic nitrogens is 1. The van der Waals surface area contributed by atoms with Crippen LogP contribution in [0.2, 0.25) is 0 Å². The molecule has 1 aliphatic heterocycles. The first-order valence-corrected chi connectivity index (χ1v) is 9.87. The van der Waals surface area contributed by atoms with Gasteiger partial charge in [-0.3, -0.25) is 4.79 Å². The quantitative estimate of drug-likeness (QED) is 0.816. The van der Waals surface area contributed by atoms with Crippen LogP contribution in [0.3, 0.4) is 0 Å². The third-order valence-electron chi connectivity index (χ3n) is 5.65. The number of benzene rings is 1. The standard InChI is InChI=1S/C20H24N2O2S/c1-15-21-18(12-25-15)11-24-14-20-9-5-8-17(20)10-22(13-20)19(23)16-6-3-2-4-7-16/h2-4,6-7,12,17H,5,8-11,13-14H2,1H3/t17-,20+/m1/s1. The Morgan fingerprint density at radius 2 is 2.24 bits per heavy atom. The van der Waals surface area contributed by atoms with Gasteiger partial charge in [0, 0.05) is 29.4 Å². The Morgan fingerprint density at radius 1 is 1.40 bits per heavy atom. The summed E-state index contributed by atoms with van der Waals surface area (Å²) in [5.74, 6) is 0.724. The molecular weight excluding hydrogens is 332 g/mol. The van der Waals surface area contributed by atoms with Gasteiger partial charge in [-0.05, 0) is 37.8 Å². The van der Waals surface area contributed by atoms with Crippen molar-refractivity contribution in [2.24, 2.45) is 11.3 Å². The monoisotopic (exact) mass is 356 g/mol. The minimum atomic E-state index is 0.134. The van der Waals surface area contributed by atoms with Crippen molar-refractivity contribution in [3.8, 4) is 0 Å². The van der Waals surface area contributed by atoms with Crippen LogP contribution in [-0.2, 0) is 11.3 Å². The topological polar surface area (TPSA) is 42.4 Å². The lowest BCUT2D eigenvalue weighted by molar-refractivity contribution is 0.0254. The van der Waals surface area contributed by atoms with Gasteiger partial charge in [-0.2, -0.15) is 0 Å². The molecule has 2 atom stereocenters. The Hall–Kier alpha value is -1.72. The van der Waals surface area contributed by atoms with Gasteiger partial charge < -0.3 is 9.64 Å². The minimum Gasteiger partial charge on any atom is -0.374 e. The van der Waals surface area contributed by atoms with Gasteiger partial charge >= 0.3 is 0 Å². The SMILES string of the molecule is Cc1nc(COC[C@@]23CCC[C@@H]2CN(C(=O)c2ccccc2)C3)cs1. The fraction of sp³-hybridized carbons (Fsp3) is 0.500. The fourth-order valence-corrected chi connectivity index (χ4v) is 5.00. The maximum Gasteiger partial charge on any atom is 0.253 e. The molecule has 2 fully saturated rings. The highest BCUT2D eigenvalue weighted by atomic mass is 32.1. The van der Waals surface area contributed by atoms with Crippen LogP contribution in [0.15, 0.2) is 35.7 Å². The molecule has 1 amide bonds. The first kappa shape index (κ1) is 16.7. The molecular formula is C20H24N2O2S. The summed E-state index contributed by atoms with van der Waals surface area (Å²) in [4.78, 5) is 19.3. The number of fused-ring (bicyclic) bond motifs is 1. The van der Waals surface area contributed by atoms with Gasteiger partial charge in [0.1, 0.15) is 0 Å². The van der Waals surface area contributed by atoms with E-state index in [1.54, 1.807) is 11.3 Å². The summed E-state index contributed by atoms with van der Waals surface area (Å²) in [5, 5.41) is 3.15. The molecule has 1 saturated heterocycles. The molecule has 1 aliphatic carbocycles. The molecule has 0 bridgehead atoms.